The van der Waals surface area contributed by atoms with Gasteiger partial charge in [0.2, 0.25) is 0 Å². The molecule has 6 heteroatoms. The third-order valence-electron chi connectivity index (χ3n) is 6.85. The van der Waals surface area contributed by atoms with Gasteiger partial charge >= 0.3 is 5.97 Å². The van der Waals surface area contributed by atoms with E-state index in [1.165, 1.54) is 13.2 Å². The van der Waals surface area contributed by atoms with E-state index in [0.29, 0.717) is 36.5 Å². The third-order valence-corrected chi connectivity index (χ3v) is 6.85. The van der Waals surface area contributed by atoms with Gasteiger partial charge in [-0.3, -0.25) is 4.79 Å². The van der Waals surface area contributed by atoms with Crippen molar-refractivity contribution in [3.05, 3.63) is 76.1 Å². The zero-order valence-corrected chi connectivity index (χ0v) is 19.5. The van der Waals surface area contributed by atoms with Gasteiger partial charge in [0.25, 0.3) is 0 Å². The summed E-state index contributed by atoms with van der Waals surface area (Å²) in [7, 11) is 1.38. The highest BCUT2D eigenvalue weighted by Crippen LogP contribution is 2.45. The zero-order valence-electron chi connectivity index (χ0n) is 19.5. The van der Waals surface area contributed by atoms with Crippen molar-refractivity contribution < 1.29 is 28.5 Å². The number of aromatic hydroxyl groups is 1. The highest BCUT2D eigenvalue weighted by Gasteiger charge is 2.32. The summed E-state index contributed by atoms with van der Waals surface area (Å²) in [5.74, 6) is 0.943. The molecule has 1 unspecified atom stereocenters. The van der Waals surface area contributed by atoms with Crippen molar-refractivity contribution >= 4 is 5.97 Å². The molecule has 1 N–H and O–H groups in total. The molecule has 176 valence electrons. The lowest BCUT2D eigenvalue weighted by Gasteiger charge is -2.18. The molecule has 0 saturated heterocycles. The number of carbonyl (C=O) groups excluding carboxylic acids is 1. The summed E-state index contributed by atoms with van der Waals surface area (Å²) in [6.07, 6.45) is 1.24. The van der Waals surface area contributed by atoms with Crippen LogP contribution >= 0.6 is 0 Å². The van der Waals surface area contributed by atoms with Crippen molar-refractivity contribution in [1.29, 1.82) is 0 Å². The Balaban J connectivity index is 1.43. The summed E-state index contributed by atoms with van der Waals surface area (Å²) >= 11 is 0. The quantitative estimate of drug-likeness (QED) is 0.477. The predicted molar refractivity (Wildman–Crippen MR) is 126 cm³/mol. The molecule has 0 amide bonds. The fourth-order valence-corrected chi connectivity index (χ4v) is 5.34. The van der Waals surface area contributed by atoms with Crippen molar-refractivity contribution in [3.63, 3.8) is 0 Å². The summed E-state index contributed by atoms with van der Waals surface area (Å²) in [4.78, 5) is 11.7. The number of carbonyl (C=O) groups is 1. The van der Waals surface area contributed by atoms with Gasteiger partial charge in [-0.05, 0) is 78.8 Å². The van der Waals surface area contributed by atoms with Crippen LogP contribution < -0.4 is 9.47 Å². The summed E-state index contributed by atoms with van der Waals surface area (Å²) in [5, 5.41) is 9.93. The molecule has 1 aliphatic carbocycles. The number of hydrogen-bond acceptors (Lipinski definition) is 5. The topological polar surface area (TPSA) is 65.0 Å². The smallest absolute Gasteiger partial charge is 0.306 e. The van der Waals surface area contributed by atoms with E-state index in [1.54, 1.807) is 12.1 Å². The van der Waals surface area contributed by atoms with Crippen molar-refractivity contribution in [2.24, 2.45) is 0 Å². The average Bonchev–Trinajstić information content (AvgIpc) is 3.39. The van der Waals surface area contributed by atoms with Crippen LogP contribution in [0.3, 0.4) is 0 Å². The number of benzene rings is 3. The molecule has 1 heterocycles. The van der Waals surface area contributed by atoms with Crippen LogP contribution in [-0.2, 0) is 16.0 Å². The molecule has 2 aliphatic rings. The number of fused-ring (bicyclic) bond motifs is 2. The Labute approximate surface area is 198 Å². The van der Waals surface area contributed by atoms with E-state index in [0.717, 1.165) is 33.4 Å². The van der Waals surface area contributed by atoms with Gasteiger partial charge in [-0.2, -0.15) is 0 Å². The highest BCUT2D eigenvalue weighted by molar-refractivity contribution is 5.76. The number of phenols is 1. The minimum atomic E-state index is -0.405. The second-order valence-corrected chi connectivity index (χ2v) is 9.07. The molecule has 0 radical (unpaired) electrons. The molecule has 0 fully saturated rings. The van der Waals surface area contributed by atoms with E-state index < -0.39 is 6.10 Å². The molecule has 0 aromatic heterocycles. The first-order valence-corrected chi connectivity index (χ1v) is 11.5. The average molecular weight is 463 g/mol. The molecule has 1 aliphatic heterocycles. The molecule has 2 atom stereocenters. The van der Waals surface area contributed by atoms with Crippen LogP contribution in [0.15, 0.2) is 42.5 Å². The summed E-state index contributed by atoms with van der Waals surface area (Å²) in [6.45, 7) is 4.33. The maximum atomic E-state index is 15.0. The van der Waals surface area contributed by atoms with Gasteiger partial charge in [0.05, 0.1) is 20.1 Å². The maximum Gasteiger partial charge on any atom is 0.306 e. The molecule has 5 rings (SSSR count). The van der Waals surface area contributed by atoms with Crippen molar-refractivity contribution in [3.8, 4) is 28.4 Å². The van der Waals surface area contributed by atoms with Crippen molar-refractivity contribution in [2.45, 2.75) is 45.1 Å². The van der Waals surface area contributed by atoms with Gasteiger partial charge in [-0.25, -0.2) is 4.39 Å². The summed E-state index contributed by atoms with van der Waals surface area (Å²) < 4.78 is 31.9. The van der Waals surface area contributed by atoms with Crippen LogP contribution in [-0.4, -0.2) is 24.8 Å². The van der Waals surface area contributed by atoms with Crippen LogP contribution in [0, 0.1) is 19.7 Å². The fourth-order valence-electron chi connectivity index (χ4n) is 5.34. The van der Waals surface area contributed by atoms with Gasteiger partial charge in [0, 0.05) is 23.1 Å². The van der Waals surface area contributed by atoms with Gasteiger partial charge in [0.1, 0.15) is 29.2 Å². The molecule has 0 saturated carbocycles. The Kier molecular flexibility index (Phi) is 5.68. The standard InChI is InChI=1S/C28H27FO5/c1-15-10-18(30)11-16(2)27(15)21-6-8-23(29)28-22(21)7-9-24(28)34-19-4-5-20-17(12-26(31)32-3)14-33-25(20)13-19/h4-6,8,10-11,13,17,24,30H,7,9,12,14H2,1-3H3/t17?,24-/m1/s1. The van der Waals surface area contributed by atoms with Gasteiger partial charge in [0.15, 0.2) is 0 Å². The van der Waals surface area contributed by atoms with Crippen molar-refractivity contribution in [2.75, 3.05) is 13.7 Å². The first-order chi connectivity index (χ1) is 16.4. The molecule has 34 heavy (non-hydrogen) atoms. The third kappa shape index (κ3) is 3.87. The largest absolute Gasteiger partial charge is 0.508 e. The van der Waals surface area contributed by atoms with Crippen LogP contribution in [0.2, 0.25) is 0 Å². The van der Waals surface area contributed by atoms with Gasteiger partial charge in [-0.15, -0.1) is 0 Å². The van der Waals surface area contributed by atoms with Crippen molar-refractivity contribution in [1.82, 2.24) is 0 Å². The Hall–Kier alpha value is -3.54. The number of hydrogen-bond donors (Lipinski definition) is 1. The molecule has 3 aromatic carbocycles. The molecular weight excluding hydrogens is 435 g/mol. The van der Waals surface area contributed by atoms with E-state index in [9.17, 15) is 9.90 Å². The minimum Gasteiger partial charge on any atom is -0.508 e. The lowest BCUT2D eigenvalue weighted by atomic mass is 9.90. The highest BCUT2D eigenvalue weighted by atomic mass is 19.1. The molecule has 3 aromatic rings. The van der Waals surface area contributed by atoms with Crippen LogP contribution in [0.1, 0.15) is 52.7 Å². The normalized spacial score (nSPS) is 18.2. The van der Waals surface area contributed by atoms with Crippen LogP contribution in [0.25, 0.3) is 11.1 Å². The second kappa shape index (κ2) is 8.67. The Bertz CT molecular complexity index is 1260. The van der Waals surface area contributed by atoms with Crippen LogP contribution in [0.4, 0.5) is 4.39 Å². The molecular formula is C28H27FO5. The SMILES string of the molecule is COC(=O)CC1COc2cc(O[C@@H]3CCc4c(-c5c(C)cc(O)cc5C)ccc(F)c43)ccc21. The first kappa shape index (κ1) is 22.3. The van der Waals surface area contributed by atoms with E-state index in [-0.39, 0.29) is 29.9 Å². The summed E-state index contributed by atoms with van der Waals surface area (Å²) in [6, 6.07) is 12.4. The number of esters is 1. The fraction of sp³-hybridized carbons (Fsp3) is 0.321. The predicted octanol–water partition coefficient (Wildman–Crippen LogP) is 5.92. The van der Waals surface area contributed by atoms with Gasteiger partial charge < -0.3 is 19.3 Å². The number of halogens is 1. The first-order valence-electron chi connectivity index (χ1n) is 11.5. The molecule has 5 nitrogen and oxygen atoms in total. The number of phenolic OH excluding ortho intramolecular Hbond substituents is 1. The number of aryl methyl sites for hydroxylation is 2. The van der Waals surface area contributed by atoms with E-state index >= 15 is 4.39 Å². The number of methoxy groups -OCH3 is 1. The summed E-state index contributed by atoms with van der Waals surface area (Å²) in [5.41, 5.74) is 6.42. The Morgan fingerprint density at radius 3 is 2.65 bits per heavy atom. The maximum absolute atomic E-state index is 15.0. The second-order valence-electron chi connectivity index (χ2n) is 9.07. The van der Waals surface area contributed by atoms with E-state index in [2.05, 4.69) is 0 Å². The number of rotatable bonds is 5. The Morgan fingerprint density at radius 2 is 1.91 bits per heavy atom. The molecule has 0 bridgehead atoms. The zero-order chi connectivity index (χ0) is 24.0. The minimum absolute atomic E-state index is 0.0412. The van der Waals surface area contributed by atoms with E-state index in [1.807, 2.05) is 38.1 Å². The number of ether oxygens (including phenoxy) is 3. The monoisotopic (exact) mass is 462 g/mol. The lowest BCUT2D eigenvalue weighted by Crippen LogP contribution is -2.09. The molecule has 0 spiro atoms. The lowest BCUT2D eigenvalue weighted by molar-refractivity contribution is -0.141. The van der Waals surface area contributed by atoms with Crippen LogP contribution in [0.5, 0.6) is 17.2 Å². The van der Waals surface area contributed by atoms with Gasteiger partial charge in [-0.1, -0.05) is 12.1 Å². The van der Waals surface area contributed by atoms with E-state index in [4.69, 9.17) is 14.2 Å². The Morgan fingerprint density at radius 1 is 1.15 bits per heavy atom.